The van der Waals surface area contributed by atoms with E-state index in [1.54, 1.807) is 69.8 Å². The maximum Gasteiger partial charge on any atom is 0.253 e. The summed E-state index contributed by atoms with van der Waals surface area (Å²) in [6.07, 6.45) is 2.51. The molecule has 0 saturated heterocycles. The second-order valence-electron chi connectivity index (χ2n) is 13.6. The Balaban J connectivity index is 1.25. The van der Waals surface area contributed by atoms with Crippen LogP contribution in [0.15, 0.2) is 52.6 Å². The third kappa shape index (κ3) is 10.8. The summed E-state index contributed by atoms with van der Waals surface area (Å²) in [4.78, 5) is 87.8. The van der Waals surface area contributed by atoms with Gasteiger partial charge in [-0.3, -0.25) is 33.7 Å². The van der Waals surface area contributed by atoms with E-state index in [0.717, 1.165) is 9.60 Å². The van der Waals surface area contributed by atoms with Gasteiger partial charge >= 0.3 is 0 Å². The minimum Gasteiger partial charge on any atom is -0.406 e. The fourth-order valence-electron chi connectivity index (χ4n) is 5.96. The lowest BCUT2D eigenvalue weighted by Gasteiger charge is -2.33. The lowest BCUT2D eigenvalue weighted by molar-refractivity contribution is -0.137. The van der Waals surface area contributed by atoms with Crippen LogP contribution in [0.2, 0.25) is 0 Å². The molecule has 1 aromatic carbocycles. The number of hydroxylamine groups is 2. The number of nitrogens with zero attached hydrogens (tertiary/aromatic N) is 5. The van der Waals surface area contributed by atoms with Crippen LogP contribution in [0.5, 0.6) is 5.75 Å². The number of carbonyl (C=O) groups is 6. The summed E-state index contributed by atoms with van der Waals surface area (Å²) in [6.45, 7) is 10.6. The first-order valence-electron chi connectivity index (χ1n) is 17.5. The third-order valence-corrected chi connectivity index (χ3v) is 10.1. The van der Waals surface area contributed by atoms with Gasteiger partial charge in [-0.1, -0.05) is 13.8 Å². The van der Waals surface area contributed by atoms with E-state index >= 15 is 0 Å². The molecule has 1 aliphatic heterocycles. The normalized spacial score (nSPS) is 14.9. The van der Waals surface area contributed by atoms with Crippen molar-refractivity contribution in [2.24, 2.45) is 5.41 Å². The molecule has 1 aromatic heterocycles. The number of hydrogen-bond acceptors (Lipinski definition) is 13. The second-order valence-corrected chi connectivity index (χ2v) is 14.6. The molecule has 15 nitrogen and oxygen atoms in total. The molecule has 1 N–H and O–H groups in total. The molecule has 0 unspecified atom stereocenters. The molecule has 4 rings (SSSR count). The number of imide groups is 1. The zero-order valence-electron chi connectivity index (χ0n) is 31.5. The predicted molar refractivity (Wildman–Crippen MR) is 199 cm³/mol. The van der Waals surface area contributed by atoms with Crippen LogP contribution < -0.4 is 10.2 Å². The molecule has 2 heterocycles. The highest BCUT2D eigenvalue weighted by molar-refractivity contribution is 7.19. The second kappa shape index (κ2) is 18.8. The number of fused-ring (bicyclic) bond motifs is 1. The van der Waals surface area contributed by atoms with Crippen LogP contribution >= 0.6 is 11.3 Å². The quantitative estimate of drug-likeness (QED) is 0.0901. The molecule has 0 radical (unpaired) electrons. The number of nitriles is 1. The Morgan fingerprint density at radius 1 is 0.926 bits per heavy atom. The first kappa shape index (κ1) is 41.7. The van der Waals surface area contributed by atoms with Crippen LogP contribution in [0.1, 0.15) is 52.5 Å². The summed E-state index contributed by atoms with van der Waals surface area (Å²) < 4.78 is 12.1. The van der Waals surface area contributed by atoms with Gasteiger partial charge in [0.15, 0.2) is 16.6 Å². The molecule has 2 aliphatic rings. The fourth-order valence-corrected chi connectivity index (χ4v) is 6.75. The molecule has 4 amide bonds. The zero-order chi connectivity index (χ0) is 39.6. The van der Waals surface area contributed by atoms with Gasteiger partial charge in [-0.25, -0.2) is 4.98 Å². The number of rotatable bonds is 20. The number of benzene rings is 1. The molecule has 2 aromatic rings. The Morgan fingerprint density at radius 2 is 1.59 bits per heavy atom. The van der Waals surface area contributed by atoms with Gasteiger partial charge in [-0.15, -0.1) is 16.4 Å². The molecule has 16 heteroatoms. The summed E-state index contributed by atoms with van der Waals surface area (Å²) >= 11 is 1.25. The fraction of sp³-hybridized carbons (Fsp3) is 0.474. The zero-order valence-corrected chi connectivity index (χ0v) is 32.3. The standard InChI is InChI=1S/C38H46N6O9S/c1-24-25(2)37(50)35(26(3)36(24)49)38(4,5)22-34(48)42(6)14-15-43(53-27-7-8-28-29(21-27)54-31(23-39)41-28)16-18-52-20-19-51-17-11-30(45)40-12-13-44-32(46)9-10-33(44)47/h7-10,21H,11-20,22H2,1-6H3,(H,40,45). The Bertz CT molecular complexity index is 1920. The van der Waals surface area contributed by atoms with Gasteiger partial charge in [-0.05, 0) is 32.9 Å². The van der Waals surface area contributed by atoms with Crippen molar-refractivity contribution >= 4 is 56.7 Å². The molecule has 0 spiro atoms. The first-order chi connectivity index (χ1) is 25.6. The van der Waals surface area contributed by atoms with E-state index in [0.29, 0.717) is 51.7 Å². The third-order valence-electron chi connectivity index (χ3n) is 9.15. The van der Waals surface area contributed by atoms with E-state index in [2.05, 4.69) is 16.4 Å². The van der Waals surface area contributed by atoms with Gasteiger partial charge in [0.25, 0.3) is 11.8 Å². The summed E-state index contributed by atoms with van der Waals surface area (Å²) in [5, 5.41) is 13.9. The highest BCUT2D eigenvalue weighted by atomic mass is 32.1. The van der Waals surface area contributed by atoms with Gasteiger partial charge in [-0.2, -0.15) is 5.26 Å². The van der Waals surface area contributed by atoms with Crippen molar-refractivity contribution in [2.75, 3.05) is 66.2 Å². The molecule has 0 bridgehead atoms. The van der Waals surface area contributed by atoms with Crippen LogP contribution in [0.3, 0.4) is 0 Å². The Labute approximate surface area is 318 Å². The van der Waals surface area contributed by atoms with E-state index in [-0.39, 0.29) is 82.3 Å². The number of carbonyl (C=O) groups excluding carboxylic acids is 6. The Morgan fingerprint density at radius 3 is 2.28 bits per heavy atom. The van der Waals surface area contributed by atoms with Crippen molar-refractivity contribution in [3.8, 4) is 11.8 Å². The number of nitrogens with one attached hydrogen (secondary N) is 1. The van der Waals surface area contributed by atoms with E-state index in [1.807, 2.05) is 0 Å². The topological polar surface area (TPSA) is 189 Å². The number of Topliss-reactive ketones (excluding diaryl/α,β-unsaturated/α-hetero) is 2. The number of likely N-dealkylation sites (N-methyl/N-ethyl adjacent to an activating group) is 1. The van der Waals surface area contributed by atoms with Crippen molar-refractivity contribution in [1.29, 1.82) is 5.26 Å². The minimum atomic E-state index is -0.874. The van der Waals surface area contributed by atoms with E-state index < -0.39 is 17.2 Å². The van der Waals surface area contributed by atoms with Crippen LogP contribution in [0.4, 0.5) is 0 Å². The van der Waals surface area contributed by atoms with Gasteiger partial charge in [0.05, 0.1) is 49.7 Å². The number of allylic oxidation sites excluding steroid dienone is 4. The van der Waals surface area contributed by atoms with Crippen molar-refractivity contribution < 1.29 is 43.1 Å². The molecule has 54 heavy (non-hydrogen) atoms. The van der Waals surface area contributed by atoms with E-state index in [1.165, 1.54) is 23.5 Å². The molecule has 0 atom stereocenters. The summed E-state index contributed by atoms with van der Waals surface area (Å²) in [5.41, 5.74) is 1.39. The lowest BCUT2D eigenvalue weighted by atomic mass is 9.71. The van der Waals surface area contributed by atoms with Gasteiger partial charge < -0.3 is 24.5 Å². The Hall–Kier alpha value is -5.08. The predicted octanol–water partition coefficient (Wildman–Crippen LogP) is 2.91. The first-order valence-corrected chi connectivity index (χ1v) is 18.4. The average molecular weight is 763 g/mol. The molecule has 0 fully saturated rings. The van der Waals surface area contributed by atoms with Crippen molar-refractivity contribution in [1.82, 2.24) is 25.2 Å². The van der Waals surface area contributed by atoms with E-state index in [4.69, 9.17) is 14.3 Å². The lowest BCUT2D eigenvalue weighted by Crippen LogP contribution is -2.41. The number of aromatic nitrogens is 1. The molecule has 0 saturated carbocycles. The maximum atomic E-state index is 13.5. The van der Waals surface area contributed by atoms with Crippen molar-refractivity contribution in [2.45, 2.75) is 47.5 Å². The number of ketones is 2. The van der Waals surface area contributed by atoms with Crippen LogP contribution in [-0.2, 0) is 38.2 Å². The maximum absolute atomic E-state index is 13.5. The van der Waals surface area contributed by atoms with Crippen LogP contribution in [-0.4, -0.2) is 121 Å². The van der Waals surface area contributed by atoms with Crippen LogP contribution in [0, 0.1) is 16.7 Å². The van der Waals surface area contributed by atoms with Crippen molar-refractivity contribution in [3.63, 3.8) is 0 Å². The van der Waals surface area contributed by atoms with Gasteiger partial charge in [0.1, 0.15) is 11.8 Å². The molecule has 1 aliphatic carbocycles. The summed E-state index contributed by atoms with van der Waals surface area (Å²) in [7, 11) is 1.68. The van der Waals surface area contributed by atoms with Gasteiger partial charge in [0.2, 0.25) is 11.8 Å². The SMILES string of the molecule is CC1=C(C)C(=O)C(C(C)(C)CC(=O)N(C)CCN(CCOCCOCCC(=O)NCCN2C(=O)C=CC2=O)Oc2ccc3nc(C#N)sc3c2)=C(C)C1=O. The highest BCUT2D eigenvalue weighted by Crippen LogP contribution is 2.39. The summed E-state index contributed by atoms with van der Waals surface area (Å²) in [6, 6.07) is 7.36. The van der Waals surface area contributed by atoms with Crippen molar-refractivity contribution in [3.05, 3.63) is 57.7 Å². The van der Waals surface area contributed by atoms with Gasteiger partial charge in [0, 0.05) is 85.4 Å². The number of ether oxygens (including phenoxy) is 2. The van der Waals surface area contributed by atoms with Crippen LogP contribution in [0.25, 0.3) is 10.2 Å². The van der Waals surface area contributed by atoms with E-state index in [9.17, 15) is 34.0 Å². The Kier molecular flexibility index (Phi) is 14.5. The molecular formula is C38H46N6O9S. The number of thiazole rings is 1. The average Bonchev–Trinajstić information content (AvgIpc) is 3.70. The summed E-state index contributed by atoms with van der Waals surface area (Å²) in [5.74, 6) is -1.13. The highest BCUT2D eigenvalue weighted by Gasteiger charge is 2.39. The number of hydrogen-bond donors (Lipinski definition) is 1. The number of amides is 4. The molecule has 288 valence electrons. The largest absolute Gasteiger partial charge is 0.406 e. The molecular weight excluding hydrogens is 717 g/mol. The smallest absolute Gasteiger partial charge is 0.253 e. The monoisotopic (exact) mass is 762 g/mol. The minimum absolute atomic E-state index is 0.0226.